The lowest BCUT2D eigenvalue weighted by atomic mass is 9.93. The van der Waals surface area contributed by atoms with Crippen molar-refractivity contribution in [1.82, 2.24) is 4.98 Å². The summed E-state index contributed by atoms with van der Waals surface area (Å²) in [7, 11) is 0. The SMILES string of the molecule is [2H]C([2H])([2H])c1cc(C)c(-c2ccc(C([2H])(C)C)cn2)cc1-c1ccccc1. The maximum atomic E-state index is 8.13. The second-order valence-corrected chi connectivity index (χ2v) is 6.01. The molecule has 0 bridgehead atoms. The highest BCUT2D eigenvalue weighted by Crippen LogP contribution is 2.31. The van der Waals surface area contributed by atoms with Crippen LogP contribution in [0.25, 0.3) is 22.4 Å². The Bertz CT molecular complexity index is 937. The van der Waals surface area contributed by atoms with Gasteiger partial charge in [0.05, 0.1) is 5.69 Å². The molecule has 2 aromatic carbocycles. The quantitative estimate of drug-likeness (QED) is 0.565. The third kappa shape index (κ3) is 3.19. The average molecular weight is 305 g/mol. The summed E-state index contributed by atoms with van der Waals surface area (Å²) in [6, 6.07) is 17.0. The maximum absolute atomic E-state index is 8.13. The third-order valence-corrected chi connectivity index (χ3v) is 4.07. The van der Waals surface area contributed by atoms with Gasteiger partial charge in [-0.15, -0.1) is 0 Å². The molecule has 0 spiro atoms. The Hall–Kier alpha value is -2.41. The lowest BCUT2D eigenvalue weighted by molar-refractivity contribution is 0.859. The monoisotopic (exact) mass is 305 g/mol. The van der Waals surface area contributed by atoms with Crippen molar-refractivity contribution in [1.29, 1.82) is 0 Å². The Labute approximate surface area is 144 Å². The van der Waals surface area contributed by atoms with Crippen molar-refractivity contribution in [3.63, 3.8) is 0 Å². The van der Waals surface area contributed by atoms with E-state index in [2.05, 4.69) is 4.98 Å². The van der Waals surface area contributed by atoms with Crippen molar-refractivity contribution < 1.29 is 5.48 Å². The minimum atomic E-state index is -2.19. The summed E-state index contributed by atoms with van der Waals surface area (Å²) in [5.74, 6) is -0.707. The molecule has 1 heteroatoms. The first-order valence-corrected chi connectivity index (χ1v) is 7.75. The molecule has 0 saturated heterocycles. The van der Waals surface area contributed by atoms with Gasteiger partial charge in [-0.25, -0.2) is 0 Å². The molecule has 0 amide bonds. The average Bonchev–Trinajstić information content (AvgIpc) is 2.61. The number of aromatic nitrogens is 1. The lowest BCUT2D eigenvalue weighted by Crippen LogP contribution is -1.94. The Morgan fingerprint density at radius 2 is 1.74 bits per heavy atom. The number of aryl methyl sites for hydroxylation is 2. The second-order valence-electron chi connectivity index (χ2n) is 6.01. The molecule has 3 rings (SSSR count). The Morgan fingerprint density at radius 3 is 2.35 bits per heavy atom. The van der Waals surface area contributed by atoms with E-state index >= 15 is 0 Å². The van der Waals surface area contributed by atoms with Gasteiger partial charge in [0.25, 0.3) is 0 Å². The summed E-state index contributed by atoms with van der Waals surface area (Å²) >= 11 is 0. The van der Waals surface area contributed by atoms with Crippen LogP contribution in [0.15, 0.2) is 60.8 Å². The standard InChI is InChI=1S/C22H23N/c1-15(2)19-10-11-22(23-14-19)21-13-20(16(3)12-17(21)4)18-8-6-5-7-9-18/h5-15H,1-4H3/i3D3,15D. The highest BCUT2D eigenvalue weighted by Gasteiger charge is 2.10. The van der Waals surface area contributed by atoms with Crippen LogP contribution >= 0.6 is 0 Å². The van der Waals surface area contributed by atoms with E-state index in [1.165, 1.54) is 0 Å². The predicted molar refractivity (Wildman–Crippen MR) is 98.7 cm³/mol. The van der Waals surface area contributed by atoms with Gasteiger partial charge in [0.1, 0.15) is 0 Å². The van der Waals surface area contributed by atoms with Crippen molar-refractivity contribution in [2.75, 3.05) is 0 Å². The molecule has 0 radical (unpaired) electrons. The highest BCUT2D eigenvalue weighted by molar-refractivity contribution is 5.76. The van der Waals surface area contributed by atoms with Crippen LogP contribution in [0, 0.1) is 13.8 Å². The summed E-state index contributed by atoms with van der Waals surface area (Å²) < 4.78 is 31.9. The number of rotatable bonds is 3. The molecule has 1 aromatic heterocycles. The van der Waals surface area contributed by atoms with E-state index in [1.807, 2.05) is 69.3 Å². The highest BCUT2D eigenvalue weighted by atomic mass is 14.7. The van der Waals surface area contributed by atoms with Gasteiger partial charge in [0, 0.05) is 17.2 Å². The van der Waals surface area contributed by atoms with Gasteiger partial charge in [0.2, 0.25) is 0 Å². The predicted octanol–water partition coefficient (Wildman–Crippen LogP) is 6.16. The summed E-state index contributed by atoms with van der Waals surface area (Å²) in [4.78, 5) is 4.54. The van der Waals surface area contributed by atoms with Crippen LogP contribution in [0.1, 0.15) is 41.9 Å². The molecule has 0 N–H and O–H groups in total. The van der Waals surface area contributed by atoms with E-state index in [9.17, 15) is 0 Å². The molecular weight excluding hydrogens is 278 g/mol. The molecule has 0 aliphatic rings. The van der Waals surface area contributed by atoms with E-state index in [-0.39, 0.29) is 0 Å². The molecule has 3 aromatic rings. The molecule has 116 valence electrons. The molecular formula is C22H23N. The third-order valence-electron chi connectivity index (χ3n) is 4.07. The van der Waals surface area contributed by atoms with Crippen LogP contribution in [0.2, 0.25) is 0 Å². The molecule has 1 heterocycles. The first-order chi connectivity index (χ1) is 12.6. The second kappa shape index (κ2) is 6.37. The van der Waals surface area contributed by atoms with Gasteiger partial charge in [-0.3, -0.25) is 4.98 Å². The van der Waals surface area contributed by atoms with Gasteiger partial charge in [-0.05, 0) is 59.6 Å². The van der Waals surface area contributed by atoms with Gasteiger partial charge >= 0.3 is 0 Å². The smallest absolute Gasteiger partial charge is 0.0705 e. The fraction of sp³-hybridized carbons (Fsp3) is 0.227. The molecule has 0 saturated carbocycles. The molecule has 0 aliphatic heterocycles. The molecule has 0 unspecified atom stereocenters. The van der Waals surface area contributed by atoms with Crippen LogP contribution in [0.3, 0.4) is 0 Å². The maximum Gasteiger partial charge on any atom is 0.0705 e. The van der Waals surface area contributed by atoms with Crippen LogP contribution in [0.4, 0.5) is 0 Å². The zero-order valence-electron chi connectivity index (χ0n) is 17.7. The zero-order chi connectivity index (χ0) is 19.8. The van der Waals surface area contributed by atoms with E-state index < -0.39 is 12.7 Å². The Kier molecular flexibility index (Phi) is 3.10. The van der Waals surface area contributed by atoms with Crippen molar-refractivity contribution in [3.8, 4) is 22.4 Å². The number of pyridine rings is 1. The molecule has 0 atom stereocenters. The Morgan fingerprint density at radius 1 is 0.957 bits per heavy atom. The van der Waals surface area contributed by atoms with Gasteiger partial charge in [0.15, 0.2) is 0 Å². The van der Waals surface area contributed by atoms with Crippen LogP contribution < -0.4 is 0 Å². The van der Waals surface area contributed by atoms with E-state index in [1.54, 1.807) is 12.3 Å². The fourth-order valence-corrected chi connectivity index (χ4v) is 2.69. The zero-order valence-corrected chi connectivity index (χ0v) is 13.7. The molecule has 0 fully saturated rings. The normalized spacial score (nSPS) is 14.6. The number of nitrogens with zero attached hydrogens (tertiary/aromatic N) is 1. The van der Waals surface area contributed by atoms with Gasteiger partial charge < -0.3 is 0 Å². The minimum absolute atomic E-state index is 0.346. The van der Waals surface area contributed by atoms with Crippen LogP contribution in [0.5, 0.6) is 0 Å². The van der Waals surface area contributed by atoms with Gasteiger partial charge in [-0.1, -0.05) is 56.3 Å². The summed E-state index contributed by atoms with van der Waals surface area (Å²) in [6.45, 7) is 3.37. The fourth-order valence-electron chi connectivity index (χ4n) is 2.69. The Balaban J connectivity index is 2.18. The summed E-state index contributed by atoms with van der Waals surface area (Å²) in [6.07, 6.45) is 1.72. The van der Waals surface area contributed by atoms with Gasteiger partial charge in [-0.2, -0.15) is 0 Å². The number of benzene rings is 2. The topological polar surface area (TPSA) is 12.9 Å². The lowest BCUT2D eigenvalue weighted by Gasteiger charge is -2.13. The van der Waals surface area contributed by atoms with E-state index in [0.29, 0.717) is 11.1 Å². The van der Waals surface area contributed by atoms with Crippen molar-refractivity contribution in [3.05, 3.63) is 77.5 Å². The number of hydrogen-bond donors (Lipinski definition) is 0. The minimum Gasteiger partial charge on any atom is -0.256 e. The first kappa shape index (κ1) is 11.2. The summed E-state index contributed by atoms with van der Waals surface area (Å²) in [5, 5.41) is 0. The molecule has 1 nitrogen and oxygen atoms in total. The van der Waals surface area contributed by atoms with E-state index in [0.717, 1.165) is 27.9 Å². The van der Waals surface area contributed by atoms with Crippen LogP contribution in [-0.2, 0) is 0 Å². The van der Waals surface area contributed by atoms with E-state index in [4.69, 9.17) is 5.48 Å². The van der Waals surface area contributed by atoms with Crippen molar-refractivity contribution >= 4 is 0 Å². The van der Waals surface area contributed by atoms with Crippen LogP contribution in [-0.4, -0.2) is 4.98 Å². The number of hydrogen-bond acceptors (Lipinski definition) is 1. The van der Waals surface area contributed by atoms with Crippen molar-refractivity contribution in [2.24, 2.45) is 0 Å². The molecule has 0 aliphatic carbocycles. The summed E-state index contributed by atoms with van der Waals surface area (Å²) in [5.41, 5.74) is 5.29. The first-order valence-electron chi connectivity index (χ1n) is 9.75. The van der Waals surface area contributed by atoms with Crippen molar-refractivity contribution in [2.45, 2.75) is 33.5 Å². The molecule has 23 heavy (non-hydrogen) atoms. The largest absolute Gasteiger partial charge is 0.256 e.